The molecule has 2 aliphatic rings. The number of para-hydroxylation sites is 1. The molecule has 0 aromatic heterocycles. The van der Waals surface area contributed by atoms with Gasteiger partial charge in [-0.15, -0.1) is 0 Å². The van der Waals surface area contributed by atoms with Crippen LogP contribution in [0.25, 0.3) is 0 Å². The van der Waals surface area contributed by atoms with Crippen molar-refractivity contribution in [1.29, 1.82) is 0 Å². The van der Waals surface area contributed by atoms with Gasteiger partial charge in [0.2, 0.25) is 5.91 Å². The van der Waals surface area contributed by atoms with Gasteiger partial charge in [-0.2, -0.15) is 4.99 Å². The molecule has 1 saturated heterocycles. The number of hydrogen-bond donors (Lipinski definition) is 2. The first-order valence-corrected chi connectivity index (χ1v) is 11.3. The lowest BCUT2D eigenvalue weighted by Gasteiger charge is -2.27. The van der Waals surface area contributed by atoms with Gasteiger partial charge in [-0.1, -0.05) is 30.0 Å². The van der Waals surface area contributed by atoms with Gasteiger partial charge in [-0.05, 0) is 55.7 Å². The molecule has 2 aliphatic heterocycles. The van der Waals surface area contributed by atoms with E-state index < -0.39 is 5.25 Å². The SMILES string of the molecule is O=C(C[C@@H]1SC(N2CCCCC2)=NC1=O)Nc1ccc(C(=O)Nc2ccccc2)cc1. The van der Waals surface area contributed by atoms with E-state index in [4.69, 9.17) is 0 Å². The highest BCUT2D eigenvalue weighted by atomic mass is 32.2. The monoisotopic (exact) mass is 436 g/mol. The Kier molecular flexibility index (Phi) is 6.66. The predicted octanol–water partition coefficient (Wildman–Crippen LogP) is 3.75. The fourth-order valence-corrected chi connectivity index (χ4v) is 4.66. The molecule has 2 aromatic rings. The van der Waals surface area contributed by atoms with Crippen LogP contribution in [0.2, 0.25) is 0 Å². The lowest BCUT2D eigenvalue weighted by Crippen LogP contribution is -2.33. The second-order valence-corrected chi connectivity index (χ2v) is 8.71. The maximum absolute atomic E-state index is 12.4. The molecule has 2 N–H and O–H groups in total. The summed E-state index contributed by atoms with van der Waals surface area (Å²) in [7, 11) is 0. The first kappa shape index (κ1) is 21.1. The third-order valence-corrected chi connectivity index (χ3v) is 6.40. The number of anilines is 2. The number of rotatable bonds is 5. The van der Waals surface area contributed by atoms with Gasteiger partial charge < -0.3 is 15.5 Å². The number of benzene rings is 2. The number of carbonyl (C=O) groups is 3. The summed E-state index contributed by atoms with van der Waals surface area (Å²) in [5, 5.41) is 5.89. The van der Waals surface area contributed by atoms with E-state index in [0.29, 0.717) is 11.3 Å². The molecule has 31 heavy (non-hydrogen) atoms. The van der Waals surface area contributed by atoms with Gasteiger partial charge in [0.05, 0.1) is 0 Å². The van der Waals surface area contributed by atoms with E-state index in [-0.39, 0.29) is 24.1 Å². The van der Waals surface area contributed by atoms with Crippen molar-refractivity contribution in [2.45, 2.75) is 30.9 Å². The Morgan fingerprint density at radius 1 is 0.935 bits per heavy atom. The summed E-state index contributed by atoms with van der Waals surface area (Å²) < 4.78 is 0. The van der Waals surface area contributed by atoms with Crippen molar-refractivity contribution >= 4 is 46.0 Å². The van der Waals surface area contributed by atoms with Crippen molar-refractivity contribution in [3.05, 3.63) is 60.2 Å². The van der Waals surface area contributed by atoms with Crippen LogP contribution in [-0.4, -0.2) is 46.1 Å². The first-order chi connectivity index (χ1) is 15.1. The summed E-state index contributed by atoms with van der Waals surface area (Å²) in [6.07, 6.45) is 3.50. The van der Waals surface area contributed by atoms with Crippen molar-refractivity contribution in [2.24, 2.45) is 4.99 Å². The number of amides is 3. The molecule has 2 aromatic carbocycles. The molecule has 0 bridgehead atoms. The average Bonchev–Trinajstić information content (AvgIpc) is 3.15. The molecule has 0 aliphatic carbocycles. The summed E-state index contributed by atoms with van der Waals surface area (Å²) in [5.74, 6) is -0.712. The minimum Gasteiger partial charge on any atom is -0.351 e. The molecular formula is C23H24N4O3S. The van der Waals surface area contributed by atoms with Crippen molar-refractivity contribution in [1.82, 2.24) is 4.90 Å². The summed E-state index contributed by atoms with van der Waals surface area (Å²) in [5.41, 5.74) is 1.78. The van der Waals surface area contributed by atoms with Crippen LogP contribution >= 0.6 is 11.8 Å². The second-order valence-electron chi connectivity index (χ2n) is 7.54. The van der Waals surface area contributed by atoms with E-state index in [1.54, 1.807) is 24.3 Å². The molecule has 160 valence electrons. The average molecular weight is 437 g/mol. The van der Waals surface area contributed by atoms with Crippen molar-refractivity contribution in [2.75, 3.05) is 23.7 Å². The molecule has 1 fully saturated rings. The topological polar surface area (TPSA) is 90.9 Å². The minimum absolute atomic E-state index is 0.0700. The normalized spacial score (nSPS) is 18.5. The number of carbonyl (C=O) groups excluding carboxylic acids is 3. The quantitative estimate of drug-likeness (QED) is 0.745. The van der Waals surface area contributed by atoms with Gasteiger partial charge in [0.15, 0.2) is 5.17 Å². The summed E-state index contributed by atoms with van der Waals surface area (Å²) in [4.78, 5) is 43.3. The van der Waals surface area contributed by atoms with E-state index in [0.717, 1.165) is 36.8 Å². The molecule has 0 radical (unpaired) electrons. The van der Waals surface area contributed by atoms with Crippen LogP contribution in [0.5, 0.6) is 0 Å². The van der Waals surface area contributed by atoms with E-state index in [1.165, 1.54) is 18.2 Å². The highest BCUT2D eigenvalue weighted by Gasteiger charge is 2.33. The Balaban J connectivity index is 1.28. The van der Waals surface area contributed by atoms with Gasteiger partial charge in [0.25, 0.3) is 11.8 Å². The van der Waals surface area contributed by atoms with Crippen LogP contribution in [0.4, 0.5) is 11.4 Å². The van der Waals surface area contributed by atoms with Gasteiger partial charge >= 0.3 is 0 Å². The van der Waals surface area contributed by atoms with Crippen LogP contribution < -0.4 is 10.6 Å². The van der Waals surface area contributed by atoms with Crippen LogP contribution in [0, 0.1) is 0 Å². The fourth-order valence-electron chi connectivity index (χ4n) is 3.54. The van der Waals surface area contributed by atoms with E-state index in [9.17, 15) is 14.4 Å². The molecule has 7 nitrogen and oxygen atoms in total. The summed E-state index contributed by atoms with van der Waals surface area (Å²) >= 11 is 1.38. The van der Waals surface area contributed by atoms with Crippen LogP contribution in [0.15, 0.2) is 59.6 Å². The number of likely N-dealkylation sites (tertiary alicyclic amines) is 1. The lowest BCUT2D eigenvalue weighted by atomic mass is 10.1. The standard InChI is InChI=1S/C23H24N4O3S/c28-20(15-19-22(30)26-23(31-19)27-13-5-2-6-14-27)24-18-11-9-16(10-12-18)21(29)25-17-7-3-1-4-8-17/h1,3-4,7-12,19H,2,5-6,13-15H2,(H,24,28)(H,25,29)/t19-/m0/s1. The van der Waals surface area contributed by atoms with Gasteiger partial charge in [-0.25, -0.2) is 0 Å². The van der Waals surface area contributed by atoms with E-state index in [1.807, 2.05) is 30.3 Å². The number of amidine groups is 1. The molecule has 2 heterocycles. The maximum Gasteiger partial charge on any atom is 0.262 e. The Morgan fingerprint density at radius 2 is 1.61 bits per heavy atom. The second kappa shape index (κ2) is 9.78. The zero-order valence-electron chi connectivity index (χ0n) is 17.0. The van der Waals surface area contributed by atoms with Crippen LogP contribution in [0.3, 0.4) is 0 Å². The highest BCUT2D eigenvalue weighted by Crippen LogP contribution is 2.29. The predicted molar refractivity (Wildman–Crippen MR) is 123 cm³/mol. The Hall–Kier alpha value is -3.13. The van der Waals surface area contributed by atoms with Crippen molar-refractivity contribution < 1.29 is 14.4 Å². The van der Waals surface area contributed by atoms with E-state index in [2.05, 4.69) is 20.5 Å². The number of piperidine rings is 1. The Bertz CT molecular complexity index is 986. The first-order valence-electron chi connectivity index (χ1n) is 10.4. The van der Waals surface area contributed by atoms with Crippen molar-refractivity contribution in [3.63, 3.8) is 0 Å². The molecule has 1 atom stereocenters. The van der Waals surface area contributed by atoms with E-state index >= 15 is 0 Å². The number of aliphatic imine (C=N–C) groups is 1. The largest absolute Gasteiger partial charge is 0.351 e. The molecule has 4 rings (SSSR count). The number of nitrogens with zero attached hydrogens (tertiary/aromatic N) is 2. The highest BCUT2D eigenvalue weighted by molar-refractivity contribution is 8.15. The Labute approximate surface area is 185 Å². The van der Waals surface area contributed by atoms with Crippen LogP contribution in [-0.2, 0) is 9.59 Å². The van der Waals surface area contributed by atoms with Crippen LogP contribution in [0.1, 0.15) is 36.0 Å². The molecule has 8 heteroatoms. The lowest BCUT2D eigenvalue weighted by molar-refractivity contribution is -0.121. The van der Waals surface area contributed by atoms with Gasteiger partial charge in [0, 0.05) is 36.4 Å². The molecule has 0 saturated carbocycles. The van der Waals surface area contributed by atoms with Gasteiger partial charge in [0.1, 0.15) is 5.25 Å². The molecular weight excluding hydrogens is 412 g/mol. The number of nitrogens with one attached hydrogen (secondary N) is 2. The zero-order chi connectivity index (χ0) is 21.6. The minimum atomic E-state index is -0.479. The molecule has 3 amide bonds. The number of hydrogen-bond acceptors (Lipinski definition) is 5. The summed E-state index contributed by atoms with van der Waals surface area (Å²) in [6, 6.07) is 15.9. The maximum atomic E-state index is 12.4. The van der Waals surface area contributed by atoms with Crippen molar-refractivity contribution in [3.8, 4) is 0 Å². The smallest absolute Gasteiger partial charge is 0.262 e. The molecule has 0 spiro atoms. The van der Waals surface area contributed by atoms with Gasteiger partial charge in [-0.3, -0.25) is 14.4 Å². The third-order valence-electron chi connectivity index (χ3n) is 5.19. The zero-order valence-corrected chi connectivity index (χ0v) is 17.9. The Morgan fingerprint density at radius 3 is 2.32 bits per heavy atom. The fraction of sp³-hybridized carbons (Fsp3) is 0.304. The number of thioether (sulfide) groups is 1. The third kappa shape index (κ3) is 5.52. The summed E-state index contributed by atoms with van der Waals surface area (Å²) in [6.45, 7) is 1.84. The molecule has 0 unspecified atom stereocenters.